The van der Waals surface area contributed by atoms with Gasteiger partial charge < -0.3 is 10.2 Å². The lowest BCUT2D eigenvalue weighted by atomic mass is 10.1. The summed E-state index contributed by atoms with van der Waals surface area (Å²) >= 11 is 0. The van der Waals surface area contributed by atoms with Crippen molar-refractivity contribution in [1.29, 1.82) is 0 Å². The van der Waals surface area contributed by atoms with E-state index in [4.69, 9.17) is 0 Å². The van der Waals surface area contributed by atoms with E-state index in [2.05, 4.69) is 15.6 Å². The van der Waals surface area contributed by atoms with Crippen LogP contribution in [0, 0.1) is 0 Å². The number of hydrogen-bond acceptors (Lipinski definition) is 4. The van der Waals surface area contributed by atoms with Crippen molar-refractivity contribution in [2.75, 3.05) is 14.1 Å². The van der Waals surface area contributed by atoms with Gasteiger partial charge in [0, 0.05) is 31.8 Å². The monoisotopic (exact) mass is 413 g/mol. The zero-order valence-corrected chi connectivity index (χ0v) is 17.4. The van der Waals surface area contributed by atoms with Gasteiger partial charge in [-0.05, 0) is 47.5 Å². The van der Waals surface area contributed by atoms with Crippen molar-refractivity contribution < 1.29 is 9.59 Å². The van der Waals surface area contributed by atoms with E-state index < -0.39 is 0 Å². The molecule has 0 atom stereocenters. The lowest BCUT2D eigenvalue weighted by Crippen LogP contribution is -2.26. The summed E-state index contributed by atoms with van der Waals surface area (Å²) in [5.74, 6) is -0.192. The first-order valence-electron chi connectivity index (χ1n) is 9.99. The van der Waals surface area contributed by atoms with Crippen LogP contribution >= 0.6 is 0 Å². The molecule has 1 heterocycles. The van der Waals surface area contributed by atoms with Crippen LogP contribution in [-0.2, 0) is 13.1 Å². The largest absolute Gasteiger partial charge is 0.355 e. The summed E-state index contributed by atoms with van der Waals surface area (Å²) in [5, 5.41) is 11.0. The molecule has 0 saturated heterocycles. The Bertz CT molecular complexity index is 1210. The molecule has 1 aromatic heterocycles. The molecule has 0 unspecified atom stereocenters. The van der Waals surface area contributed by atoms with Crippen molar-refractivity contribution in [2.45, 2.75) is 13.1 Å². The van der Waals surface area contributed by atoms with Crippen LogP contribution in [0.5, 0.6) is 0 Å². The molecule has 0 aliphatic carbocycles. The van der Waals surface area contributed by atoms with Gasteiger partial charge in [-0.3, -0.25) is 9.59 Å². The van der Waals surface area contributed by atoms with Gasteiger partial charge in [-0.1, -0.05) is 41.6 Å². The van der Waals surface area contributed by atoms with Gasteiger partial charge in [-0.2, -0.15) is 0 Å². The van der Waals surface area contributed by atoms with Crippen molar-refractivity contribution in [1.82, 2.24) is 25.2 Å². The Labute approximate surface area is 180 Å². The standard InChI is InChI=1S/C24H23N5O2/c1-25-23(30)19-11-7-17(8-12-19)15-28(2)24(31)20-13-9-18(10-14-20)16-29-22-6-4-3-5-21(22)26-27-29/h3-14H,15-16H2,1-2H3,(H,25,30). The summed E-state index contributed by atoms with van der Waals surface area (Å²) in [5.41, 5.74) is 5.05. The maximum Gasteiger partial charge on any atom is 0.253 e. The van der Waals surface area contributed by atoms with Crippen molar-refractivity contribution in [3.8, 4) is 0 Å². The maximum absolute atomic E-state index is 12.8. The number of carbonyl (C=O) groups is 2. The van der Waals surface area contributed by atoms with Crippen LogP contribution in [0.2, 0.25) is 0 Å². The van der Waals surface area contributed by atoms with Crippen LogP contribution in [0.25, 0.3) is 11.0 Å². The van der Waals surface area contributed by atoms with Crippen LogP contribution < -0.4 is 5.32 Å². The Morgan fingerprint density at radius 2 is 1.55 bits per heavy atom. The van der Waals surface area contributed by atoms with Gasteiger partial charge in [-0.25, -0.2) is 4.68 Å². The number of hydrogen-bond donors (Lipinski definition) is 1. The molecule has 0 bridgehead atoms. The van der Waals surface area contributed by atoms with Crippen LogP contribution in [0.15, 0.2) is 72.8 Å². The highest BCUT2D eigenvalue weighted by atomic mass is 16.2. The highest BCUT2D eigenvalue weighted by Gasteiger charge is 2.13. The highest BCUT2D eigenvalue weighted by Crippen LogP contribution is 2.14. The SMILES string of the molecule is CNC(=O)c1ccc(CN(C)C(=O)c2ccc(Cn3nnc4ccccc43)cc2)cc1. The van der Waals surface area contributed by atoms with Crippen LogP contribution in [0.4, 0.5) is 0 Å². The van der Waals surface area contributed by atoms with E-state index in [9.17, 15) is 9.59 Å². The van der Waals surface area contributed by atoms with E-state index in [1.165, 1.54) is 0 Å². The van der Waals surface area contributed by atoms with Gasteiger partial charge in [0.05, 0.1) is 12.1 Å². The van der Waals surface area contributed by atoms with Crippen LogP contribution in [-0.4, -0.2) is 45.8 Å². The summed E-state index contributed by atoms with van der Waals surface area (Å²) in [6, 6.07) is 22.6. The zero-order chi connectivity index (χ0) is 21.8. The second-order valence-electron chi connectivity index (χ2n) is 7.37. The Morgan fingerprint density at radius 3 is 2.26 bits per heavy atom. The number of carbonyl (C=O) groups excluding carboxylic acids is 2. The molecule has 1 N–H and O–H groups in total. The van der Waals surface area contributed by atoms with E-state index >= 15 is 0 Å². The lowest BCUT2D eigenvalue weighted by Gasteiger charge is -2.18. The Morgan fingerprint density at radius 1 is 0.903 bits per heavy atom. The number of aromatic nitrogens is 3. The molecule has 4 rings (SSSR count). The molecule has 0 fully saturated rings. The minimum atomic E-state index is -0.130. The second-order valence-corrected chi connectivity index (χ2v) is 7.37. The van der Waals surface area contributed by atoms with Gasteiger partial charge in [0.1, 0.15) is 5.52 Å². The number of nitrogens with zero attached hydrogens (tertiary/aromatic N) is 4. The third-order valence-corrected chi connectivity index (χ3v) is 5.16. The van der Waals surface area contributed by atoms with Crippen molar-refractivity contribution in [3.05, 3.63) is 95.1 Å². The van der Waals surface area contributed by atoms with Gasteiger partial charge >= 0.3 is 0 Å². The molecular formula is C24H23N5O2. The molecule has 3 aromatic carbocycles. The van der Waals surface area contributed by atoms with Gasteiger partial charge in [0.25, 0.3) is 11.8 Å². The molecule has 0 aliphatic heterocycles. The van der Waals surface area contributed by atoms with Crippen molar-refractivity contribution in [3.63, 3.8) is 0 Å². The summed E-state index contributed by atoms with van der Waals surface area (Å²) in [4.78, 5) is 26.1. The third-order valence-electron chi connectivity index (χ3n) is 5.16. The summed E-state index contributed by atoms with van der Waals surface area (Å²) in [7, 11) is 3.37. The van der Waals surface area contributed by atoms with E-state index in [1.807, 2.05) is 65.3 Å². The molecule has 31 heavy (non-hydrogen) atoms. The molecule has 0 saturated carbocycles. The fourth-order valence-corrected chi connectivity index (χ4v) is 3.43. The third kappa shape index (κ3) is 4.45. The topological polar surface area (TPSA) is 80.1 Å². The molecule has 2 amide bonds. The molecule has 0 aliphatic rings. The first kappa shape index (κ1) is 20.3. The Balaban J connectivity index is 1.41. The summed E-state index contributed by atoms with van der Waals surface area (Å²) < 4.78 is 1.85. The first-order valence-corrected chi connectivity index (χ1v) is 9.99. The van der Waals surface area contributed by atoms with E-state index in [0.717, 1.165) is 22.2 Å². The Kier molecular flexibility index (Phi) is 5.75. The molecule has 0 spiro atoms. The number of para-hydroxylation sites is 1. The number of rotatable bonds is 6. The van der Waals surface area contributed by atoms with Crippen molar-refractivity contribution >= 4 is 22.8 Å². The fourth-order valence-electron chi connectivity index (χ4n) is 3.43. The first-order chi connectivity index (χ1) is 15.0. The van der Waals surface area contributed by atoms with E-state index in [0.29, 0.717) is 24.2 Å². The fraction of sp³-hybridized carbons (Fsp3) is 0.167. The van der Waals surface area contributed by atoms with E-state index in [1.54, 1.807) is 31.1 Å². The van der Waals surface area contributed by atoms with Gasteiger partial charge in [0.2, 0.25) is 0 Å². The molecular weight excluding hydrogens is 390 g/mol. The van der Waals surface area contributed by atoms with Crippen molar-refractivity contribution in [2.24, 2.45) is 0 Å². The minimum absolute atomic E-state index is 0.0619. The predicted molar refractivity (Wildman–Crippen MR) is 119 cm³/mol. The second kappa shape index (κ2) is 8.79. The number of amides is 2. The molecule has 4 aromatic rings. The predicted octanol–water partition coefficient (Wildman–Crippen LogP) is 3.11. The average molecular weight is 413 g/mol. The van der Waals surface area contributed by atoms with Gasteiger partial charge in [0.15, 0.2) is 0 Å². The number of nitrogens with one attached hydrogen (secondary N) is 1. The van der Waals surface area contributed by atoms with E-state index in [-0.39, 0.29) is 11.8 Å². The number of benzene rings is 3. The number of fused-ring (bicyclic) bond motifs is 1. The average Bonchev–Trinajstić information content (AvgIpc) is 3.22. The quantitative estimate of drug-likeness (QED) is 0.527. The molecule has 7 heteroatoms. The van der Waals surface area contributed by atoms with Crippen LogP contribution in [0.1, 0.15) is 31.8 Å². The maximum atomic E-state index is 12.8. The highest BCUT2D eigenvalue weighted by molar-refractivity contribution is 5.94. The minimum Gasteiger partial charge on any atom is -0.355 e. The lowest BCUT2D eigenvalue weighted by molar-refractivity contribution is 0.0784. The smallest absolute Gasteiger partial charge is 0.253 e. The normalized spacial score (nSPS) is 10.8. The molecule has 0 radical (unpaired) electrons. The summed E-state index contributed by atoms with van der Waals surface area (Å²) in [6.07, 6.45) is 0. The summed E-state index contributed by atoms with van der Waals surface area (Å²) in [6.45, 7) is 1.04. The van der Waals surface area contributed by atoms with Gasteiger partial charge in [-0.15, -0.1) is 5.10 Å². The molecule has 7 nitrogen and oxygen atoms in total. The van der Waals surface area contributed by atoms with Crippen LogP contribution in [0.3, 0.4) is 0 Å². The Hall–Kier alpha value is -4.00. The molecule has 156 valence electrons. The zero-order valence-electron chi connectivity index (χ0n) is 17.4.